The number of carbonyl (C=O) groups is 1. The van der Waals surface area contributed by atoms with Crippen molar-refractivity contribution in [3.63, 3.8) is 0 Å². The lowest BCUT2D eigenvalue weighted by Crippen LogP contribution is -2.40. The van der Waals surface area contributed by atoms with Crippen molar-refractivity contribution in [3.8, 4) is 0 Å². The van der Waals surface area contributed by atoms with Gasteiger partial charge in [0.2, 0.25) is 5.91 Å². The highest BCUT2D eigenvalue weighted by atomic mass is 16.3. The Labute approximate surface area is 114 Å². The molecule has 1 saturated carbocycles. The maximum Gasteiger partial charge on any atom is 0.226 e. The van der Waals surface area contributed by atoms with E-state index in [1.807, 2.05) is 18.7 Å². The summed E-state index contributed by atoms with van der Waals surface area (Å²) in [7, 11) is 0. The highest BCUT2D eigenvalue weighted by Gasteiger charge is 2.33. The summed E-state index contributed by atoms with van der Waals surface area (Å²) in [4.78, 5) is 18.4. The summed E-state index contributed by atoms with van der Waals surface area (Å²) in [6.45, 7) is 3.86. The van der Waals surface area contributed by atoms with Gasteiger partial charge in [0.05, 0.1) is 12.1 Å². The molecule has 1 fully saturated rings. The molecule has 1 aliphatic heterocycles. The maximum atomic E-state index is 12.2. The third kappa shape index (κ3) is 3.15. The van der Waals surface area contributed by atoms with Crippen molar-refractivity contribution in [1.29, 1.82) is 0 Å². The van der Waals surface area contributed by atoms with Crippen LogP contribution in [0.15, 0.2) is 16.8 Å². The van der Waals surface area contributed by atoms with Crippen molar-refractivity contribution in [1.82, 2.24) is 4.90 Å². The van der Waals surface area contributed by atoms with Crippen molar-refractivity contribution in [2.45, 2.75) is 64.1 Å². The van der Waals surface area contributed by atoms with Crippen LogP contribution in [0.5, 0.6) is 0 Å². The Morgan fingerprint density at radius 1 is 1.58 bits per heavy atom. The third-order valence-corrected chi connectivity index (χ3v) is 3.81. The molecule has 3 unspecified atom stereocenters. The standard InChI is InChI=1S/C14H23N3O2/c1-3-14(19)17(10-4-5-12(18)7-10)11-6-9(2)16-13(15)8-11/h8-10,12,18H,3-7H2,1-2H3,(H2,15,16). The molecule has 3 N–H and O–H groups in total. The van der Waals surface area contributed by atoms with E-state index in [2.05, 4.69) is 4.99 Å². The number of amides is 1. The maximum absolute atomic E-state index is 12.2. The first-order valence-corrected chi connectivity index (χ1v) is 7.05. The zero-order valence-electron chi connectivity index (χ0n) is 11.7. The van der Waals surface area contributed by atoms with Crippen LogP contribution in [-0.4, -0.2) is 39.9 Å². The highest BCUT2D eigenvalue weighted by molar-refractivity contribution is 5.93. The second-order valence-corrected chi connectivity index (χ2v) is 5.48. The Morgan fingerprint density at radius 3 is 2.84 bits per heavy atom. The molecule has 1 heterocycles. The van der Waals surface area contributed by atoms with E-state index < -0.39 is 0 Å². The van der Waals surface area contributed by atoms with Gasteiger partial charge in [-0.1, -0.05) is 6.92 Å². The van der Waals surface area contributed by atoms with Gasteiger partial charge in [0.15, 0.2) is 0 Å². The van der Waals surface area contributed by atoms with Gasteiger partial charge in [0.25, 0.3) is 0 Å². The molecular formula is C14H23N3O2. The molecule has 0 aromatic rings. The molecule has 1 aliphatic carbocycles. The number of hydrogen-bond acceptors (Lipinski definition) is 4. The van der Waals surface area contributed by atoms with E-state index in [1.165, 1.54) is 0 Å². The molecular weight excluding hydrogens is 242 g/mol. The first-order chi connectivity index (χ1) is 9.01. The predicted molar refractivity (Wildman–Crippen MR) is 74.6 cm³/mol. The first kappa shape index (κ1) is 14.1. The van der Waals surface area contributed by atoms with Gasteiger partial charge in [0.1, 0.15) is 5.84 Å². The average molecular weight is 265 g/mol. The van der Waals surface area contributed by atoms with Gasteiger partial charge in [0, 0.05) is 24.6 Å². The van der Waals surface area contributed by atoms with Crippen molar-refractivity contribution >= 4 is 11.7 Å². The second kappa shape index (κ2) is 5.74. The quantitative estimate of drug-likeness (QED) is 0.804. The number of carbonyl (C=O) groups excluding carboxylic acids is 1. The fourth-order valence-corrected chi connectivity index (χ4v) is 2.98. The summed E-state index contributed by atoms with van der Waals surface area (Å²) in [6, 6.07) is 0.213. The summed E-state index contributed by atoms with van der Waals surface area (Å²) in [5.74, 6) is 0.591. The summed E-state index contributed by atoms with van der Waals surface area (Å²) in [5.41, 5.74) is 6.76. The van der Waals surface area contributed by atoms with E-state index in [-0.39, 0.29) is 24.1 Å². The number of aliphatic imine (C=N–C) groups is 1. The molecule has 2 rings (SSSR count). The van der Waals surface area contributed by atoms with Crippen LogP contribution >= 0.6 is 0 Å². The smallest absolute Gasteiger partial charge is 0.226 e. The van der Waals surface area contributed by atoms with Gasteiger partial charge < -0.3 is 15.7 Å². The lowest BCUT2D eigenvalue weighted by Gasteiger charge is -2.33. The van der Waals surface area contributed by atoms with Crippen LogP contribution < -0.4 is 5.73 Å². The normalized spacial score (nSPS) is 30.8. The number of amidine groups is 1. The van der Waals surface area contributed by atoms with E-state index in [4.69, 9.17) is 5.73 Å². The van der Waals surface area contributed by atoms with Crippen LogP contribution in [0.3, 0.4) is 0 Å². The second-order valence-electron chi connectivity index (χ2n) is 5.48. The Balaban J connectivity index is 2.23. The summed E-state index contributed by atoms with van der Waals surface area (Å²) < 4.78 is 0. The van der Waals surface area contributed by atoms with Crippen molar-refractivity contribution in [2.24, 2.45) is 10.7 Å². The van der Waals surface area contributed by atoms with Crippen molar-refractivity contribution in [2.75, 3.05) is 0 Å². The molecule has 0 radical (unpaired) electrons. The molecule has 0 saturated heterocycles. The molecule has 19 heavy (non-hydrogen) atoms. The molecule has 0 aromatic carbocycles. The predicted octanol–water partition coefficient (Wildman–Crippen LogP) is 1.17. The largest absolute Gasteiger partial charge is 0.393 e. The van der Waals surface area contributed by atoms with E-state index in [1.54, 1.807) is 6.08 Å². The van der Waals surface area contributed by atoms with Crippen LogP contribution in [0.2, 0.25) is 0 Å². The van der Waals surface area contributed by atoms with Crippen LogP contribution in [-0.2, 0) is 4.79 Å². The fraction of sp³-hybridized carbons (Fsp3) is 0.714. The molecule has 3 atom stereocenters. The SMILES string of the molecule is CCC(=O)N(C1=CC(N)=NC(C)C1)C1CCC(O)C1. The van der Waals surface area contributed by atoms with E-state index in [9.17, 15) is 9.90 Å². The number of rotatable bonds is 3. The zero-order valence-corrected chi connectivity index (χ0v) is 11.7. The molecule has 5 heteroatoms. The lowest BCUT2D eigenvalue weighted by molar-refractivity contribution is -0.131. The van der Waals surface area contributed by atoms with Crippen LogP contribution in [0, 0.1) is 0 Å². The molecule has 5 nitrogen and oxygen atoms in total. The highest BCUT2D eigenvalue weighted by Crippen LogP contribution is 2.30. The Morgan fingerprint density at radius 2 is 2.32 bits per heavy atom. The fourth-order valence-electron chi connectivity index (χ4n) is 2.98. The van der Waals surface area contributed by atoms with Crippen LogP contribution in [0.25, 0.3) is 0 Å². The topological polar surface area (TPSA) is 78.9 Å². The van der Waals surface area contributed by atoms with Gasteiger partial charge in [-0.3, -0.25) is 9.79 Å². The number of nitrogens with two attached hydrogens (primary N) is 1. The summed E-state index contributed by atoms with van der Waals surface area (Å²) in [6.07, 6.45) is 5.01. The van der Waals surface area contributed by atoms with Gasteiger partial charge in [-0.25, -0.2) is 0 Å². The minimum Gasteiger partial charge on any atom is -0.393 e. The molecule has 0 aromatic heterocycles. The Kier molecular flexibility index (Phi) is 4.24. The van der Waals surface area contributed by atoms with E-state index in [0.717, 1.165) is 25.0 Å². The van der Waals surface area contributed by atoms with Crippen LogP contribution in [0.4, 0.5) is 0 Å². The summed E-state index contributed by atoms with van der Waals surface area (Å²) >= 11 is 0. The minimum absolute atomic E-state index is 0.104. The summed E-state index contributed by atoms with van der Waals surface area (Å²) in [5, 5.41) is 9.70. The number of aliphatic hydroxyl groups excluding tert-OH is 1. The van der Waals surface area contributed by atoms with Crippen molar-refractivity contribution in [3.05, 3.63) is 11.8 Å². The van der Waals surface area contributed by atoms with E-state index >= 15 is 0 Å². The molecule has 106 valence electrons. The van der Waals surface area contributed by atoms with E-state index in [0.29, 0.717) is 18.7 Å². The van der Waals surface area contributed by atoms with Crippen molar-refractivity contribution < 1.29 is 9.90 Å². The lowest BCUT2D eigenvalue weighted by atomic mass is 10.1. The zero-order chi connectivity index (χ0) is 14.0. The Hall–Kier alpha value is -1.36. The first-order valence-electron chi connectivity index (χ1n) is 7.05. The minimum atomic E-state index is -0.287. The van der Waals surface area contributed by atoms with Gasteiger partial charge >= 0.3 is 0 Å². The number of aliphatic hydroxyl groups is 1. The van der Waals surface area contributed by atoms with Gasteiger partial charge in [-0.05, 0) is 32.3 Å². The third-order valence-electron chi connectivity index (χ3n) is 3.81. The molecule has 2 aliphatic rings. The monoisotopic (exact) mass is 265 g/mol. The molecule has 1 amide bonds. The van der Waals surface area contributed by atoms with Gasteiger partial charge in [-0.2, -0.15) is 0 Å². The number of dihydropyridines is 1. The van der Waals surface area contributed by atoms with Gasteiger partial charge in [-0.15, -0.1) is 0 Å². The molecule has 0 spiro atoms. The number of hydrogen-bond donors (Lipinski definition) is 2. The number of nitrogens with zero attached hydrogens (tertiary/aromatic N) is 2. The Bertz CT molecular complexity index is 417. The molecule has 0 bridgehead atoms. The average Bonchev–Trinajstić information content (AvgIpc) is 2.74. The van der Waals surface area contributed by atoms with Crippen LogP contribution in [0.1, 0.15) is 46.0 Å².